The van der Waals surface area contributed by atoms with Crippen molar-refractivity contribution in [3.8, 4) is 5.88 Å². The first kappa shape index (κ1) is 30.4. The fourth-order valence-electron chi connectivity index (χ4n) is 4.93. The van der Waals surface area contributed by atoms with E-state index in [1.165, 1.54) is 11.8 Å². The lowest BCUT2D eigenvalue weighted by molar-refractivity contribution is -0.137. The van der Waals surface area contributed by atoms with Crippen LogP contribution in [0.2, 0.25) is 0 Å². The molecule has 4 heterocycles. The third-order valence-corrected chi connectivity index (χ3v) is 7.97. The minimum atomic E-state index is -0.820. The van der Waals surface area contributed by atoms with Gasteiger partial charge in [0.2, 0.25) is 11.8 Å². The normalized spacial score (nSPS) is 16.2. The molecular weight excluding hydrogens is 570 g/mol. The van der Waals surface area contributed by atoms with E-state index in [9.17, 15) is 14.4 Å². The summed E-state index contributed by atoms with van der Waals surface area (Å²) in [4.78, 5) is 49.3. The molecule has 1 atom stereocenters. The molecule has 1 aromatic carbocycles. The Morgan fingerprint density at radius 1 is 1.22 bits per heavy atom. The van der Waals surface area contributed by atoms with Crippen molar-refractivity contribution in [3.63, 3.8) is 0 Å². The zero-order chi connectivity index (χ0) is 28.1. The zero-order valence-corrected chi connectivity index (χ0v) is 24.2. The van der Waals surface area contributed by atoms with Crippen molar-refractivity contribution in [2.75, 3.05) is 42.7 Å². The van der Waals surface area contributed by atoms with Crippen LogP contribution < -0.4 is 15.0 Å². The van der Waals surface area contributed by atoms with Crippen molar-refractivity contribution < 1.29 is 29.0 Å². The highest BCUT2D eigenvalue weighted by Gasteiger charge is 2.32. The molecule has 41 heavy (non-hydrogen) atoms. The summed E-state index contributed by atoms with van der Waals surface area (Å²) in [5, 5.41) is 12.0. The van der Waals surface area contributed by atoms with Crippen LogP contribution in [0.1, 0.15) is 31.2 Å². The average molecular weight is 602 g/mol. The summed E-state index contributed by atoms with van der Waals surface area (Å²) in [6.45, 7) is 2.31. The number of anilines is 2. The molecule has 11 nitrogen and oxygen atoms in total. The Hall–Kier alpha value is -3.61. The number of cyclic esters (lactones) is 1. The first-order valence-electron chi connectivity index (χ1n) is 13.2. The largest absolute Gasteiger partial charge is 0.481 e. The van der Waals surface area contributed by atoms with Gasteiger partial charge in [0, 0.05) is 35.8 Å². The summed E-state index contributed by atoms with van der Waals surface area (Å²) in [6, 6.07) is 11.2. The van der Waals surface area contributed by atoms with Gasteiger partial charge in [0.15, 0.2) is 0 Å². The van der Waals surface area contributed by atoms with Gasteiger partial charge in [-0.15, -0.1) is 24.2 Å². The van der Waals surface area contributed by atoms with Crippen LogP contribution in [-0.4, -0.2) is 76.5 Å². The number of pyridine rings is 2. The fourth-order valence-corrected chi connectivity index (χ4v) is 5.72. The van der Waals surface area contributed by atoms with E-state index in [0.717, 1.165) is 27.9 Å². The highest BCUT2D eigenvalue weighted by atomic mass is 35.5. The molecule has 1 saturated heterocycles. The fraction of sp³-hybridized carbons (Fsp3) is 0.393. The molecule has 2 aliphatic rings. The first-order chi connectivity index (χ1) is 19.4. The SMILES string of the molecule is COc1ccc2nccc(CN(CCCC(=O)O)CCCC3CN(c4ccc5c(c4)NC(=O)CS5)C(=O)O3)c2n1.Cl. The number of thioether (sulfide) groups is 1. The van der Waals surface area contributed by atoms with E-state index in [1.807, 2.05) is 30.3 Å². The summed E-state index contributed by atoms with van der Waals surface area (Å²) in [7, 11) is 1.57. The van der Waals surface area contributed by atoms with Crippen LogP contribution in [0.15, 0.2) is 47.5 Å². The van der Waals surface area contributed by atoms with E-state index in [2.05, 4.69) is 20.2 Å². The molecule has 2 aliphatic heterocycles. The van der Waals surface area contributed by atoms with Crippen LogP contribution in [-0.2, 0) is 20.9 Å². The number of amides is 2. The van der Waals surface area contributed by atoms with Gasteiger partial charge in [-0.3, -0.25) is 24.4 Å². The van der Waals surface area contributed by atoms with Crippen LogP contribution in [0.3, 0.4) is 0 Å². The summed E-state index contributed by atoms with van der Waals surface area (Å²) in [6.07, 6.45) is 3.12. The summed E-state index contributed by atoms with van der Waals surface area (Å²) >= 11 is 1.48. The number of benzene rings is 1. The number of carboxylic acids is 1. The third kappa shape index (κ3) is 7.57. The lowest BCUT2D eigenvalue weighted by Crippen LogP contribution is -2.28. The van der Waals surface area contributed by atoms with E-state index in [1.54, 1.807) is 24.3 Å². The van der Waals surface area contributed by atoms with Crippen molar-refractivity contribution in [3.05, 3.63) is 48.2 Å². The maximum absolute atomic E-state index is 12.7. The maximum atomic E-state index is 12.7. The van der Waals surface area contributed by atoms with Gasteiger partial charge in [0.25, 0.3) is 0 Å². The van der Waals surface area contributed by atoms with E-state index < -0.39 is 12.1 Å². The van der Waals surface area contributed by atoms with Crippen LogP contribution in [0, 0.1) is 0 Å². The van der Waals surface area contributed by atoms with Gasteiger partial charge in [-0.05, 0) is 68.2 Å². The minimum Gasteiger partial charge on any atom is -0.481 e. The molecule has 218 valence electrons. The Balaban J connectivity index is 0.00000387. The number of methoxy groups -OCH3 is 1. The molecule has 0 radical (unpaired) electrons. The molecule has 1 unspecified atom stereocenters. The van der Waals surface area contributed by atoms with Gasteiger partial charge in [-0.1, -0.05) is 0 Å². The second kappa shape index (κ2) is 13.8. The molecule has 2 aromatic heterocycles. The number of carbonyl (C=O) groups is 3. The lowest BCUT2D eigenvalue weighted by atomic mass is 10.1. The third-order valence-electron chi connectivity index (χ3n) is 6.89. The van der Waals surface area contributed by atoms with Gasteiger partial charge >= 0.3 is 12.1 Å². The van der Waals surface area contributed by atoms with Gasteiger partial charge in [0.05, 0.1) is 36.1 Å². The number of carbonyl (C=O) groups excluding carboxylic acids is 2. The number of carboxylic acid groups (broad SMARTS) is 1. The van der Waals surface area contributed by atoms with Gasteiger partial charge in [0.1, 0.15) is 6.10 Å². The second-order valence-electron chi connectivity index (χ2n) is 9.74. The van der Waals surface area contributed by atoms with Crippen molar-refractivity contribution in [2.45, 2.75) is 43.2 Å². The Labute approximate surface area is 248 Å². The summed E-state index contributed by atoms with van der Waals surface area (Å²) < 4.78 is 10.9. The molecule has 0 saturated carbocycles. The number of aromatic nitrogens is 2. The van der Waals surface area contributed by atoms with Crippen LogP contribution in [0.5, 0.6) is 5.88 Å². The maximum Gasteiger partial charge on any atom is 0.414 e. The number of hydrogen-bond acceptors (Lipinski definition) is 9. The monoisotopic (exact) mass is 601 g/mol. The molecule has 3 aromatic rings. The number of fused-ring (bicyclic) bond motifs is 2. The Kier molecular flexibility index (Phi) is 10.2. The van der Waals surface area contributed by atoms with Gasteiger partial charge < -0.3 is 19.9 Å². The summed E-state index contributed by atoms with van der Waals surface area (Å²) in [5.41, 5.74) is 3.90. The molecule has 0 bridgehead atoms. The predicted molar refractivity (Wildman–Crippen MR) is 158 cm³/mol. The molecule has 1 fully saturated rings. The molecule has 2 N–H and O–H groups in total. The number of hydrogen-bond donors (Lipinski definition) is 2. The Morgan fingerprint density at radius 3 is 2.85 bits per heavy atom. The number of rotatable bonds is 12. The van der Waals surface area contributed by atoms with Crippen molar-refractivity contribution >= 4 is 64.5 Å². The van der Waals surface area contributed by atoms with E-state index in [-0.39, 0.29) is 30.8 Å². The molecule has 0 aliphatic carbocycles. The quantitative estimate of drug-likeness (QED) is 0.304. The highest BCUT2D eigenvalue weighted by Crippen LogP contribution is 2.35. The van der Waals surface area contributed by atoms with Crippen molar-refractivity contribution in [1.29, 1.82) is 0 Å². The number of ether oxygens (including phenoxy) is 2. The number of nitrogens with zero attached hydrogens (tertiary/aromatic N) is 4. The highest BCUT2D eigenvalue weighted by molar-refractivity contribution is 8.00. The Morgan fingerprint density at radius 2 is 2.05 bits per heavy atom. The minimum absolute atomic E-state index is 0. The Bertz CT molecular complexity index is 1430. The van der Waals surface area contributed by atoms with E-state index in [4.69, 9.17) is 14.6 Å². The van der Waals surface area contributed by atoms with Crippen molar-refractivity contribution in [2.24, 2.45) is 0 Å². The number of aliphatic carboxylic acids is 1. The van der Waals surface area contributed by atoms with Crippen LogP contribution in [0.25, 0.3) is 11.0 Å². The molecule has 13 heteroatoms. The van der Waals surface area contributed by atoms with Crippen molar-refractivity contribution in [1.82, 2.24) is 14.9 Å². The standard InChI is InChI=1S/C28H31N5O6S.ClH/c1-38-25-9-7-21-27(31-25)18(10-11-29-21)15-32(13-3-5-26(35)36)12-2-4-20-16-33(28(37)39-20)19-6-8-23-22(14-19)30-24(34)17-40-23;/h6-11,14,20H,2-5,12-13,15-17H2,1H3,(H,30,34)(H,35,36);1H. The van der Waals surface area contributed by atoms with Gasteiger partial charge in [-0.2, -0.15) is 0 Å². The van der Waals surface area contributed by atoms with Crippen LogP contribution >= 0.6 is 24.2 Å². The van der Waals surface area contributed by atoms with E-state index in [0.29, 0.717) is 62.0 Å². The first-order valence-corrected chi connectivity index (χ1v) is 14.2. The lowest BCUT2D eigenvalue weighted by Gasteiger charge is -2.23. The van der Waals surface area contributed by atoms with Gasteiger partial charge in [-0.25, -0.2) is 9.78 Å². The molecule has 2 amide bonds. The second-order valence-corrected chi connectivity index (χ2v) is 10.8. The number of halogens is 1. The summed E-state index contributed by atoms with van der Waals surface area (Å²) in [5.74, 6) is 0.0141. The zero-order valence-electron chi connectivity index (χ0n) is 22.6. The number of nitrogens with one attached hydrogen (secondary N) is 1. The van der Waals surface area contributed by atoms with Crippen LogP contribution in [0.4, 0.5) is 16.2 Å². The predicted octanol–water partition coefficient (Wildman–Crippen LogP) is 4.58. The molecule has 5 rings (SSSR count). The smallest absolute Gasteiger partial charge is 0.414 e. The average Bonchev–Trinajstić information content (AvgIpc) is 3.32. The van der Waals surface area contributed by atoms with E-state index >= 15 is 0 Å². The molecular formula is C28H32ClN5O6S. The topological polar surface area (TPSA) is 134 Å². The molecule has 0 spiro atoms.